The highest BCUT2D eigenvalue weighted by molar-refractivity contribution is 6.45. The van der Waals surface area contributed by atoms with Crippen LogP contribution in [0.25, 0.3) is 10.8 Å². The van der Waals surface area contributed by atoms with E-state index in [0.717, 1.165) is 39.0 Å². The molecule has 2 aromatic carbocycles. The molecule has 2 aromatic rings. The van der Waals surface area contributed by atoms with Crippen LogP contribution in [-0.2, 0) is 5.60 Å². The molecule has 0 saturated carbocycles. The maximum absolute atomic E-state index is 11.3. The molecule has 0 radical (unpaired) electrons. The first kappa shape index (κ1) is 19.9. The number of alkyl halides is 2. The van der Waals surface area contributed by atoms with Crippen molar-refractivity contribution in [3.05, 3.63) is 70.7 Å². The summed E-state index contributed by atoms with van der Waals surface area (Å²) in [6, 6.07) is 12.1. The van der Waals surface area contributed by atoms with Gasteiger partial charge in [0.15, 0.2) is 0 Å². The second-order valence-electron chi connectivity index (χ2n) is 6.81. The average molecular weight is 406 g/mol. The van der Waals surface area contributed by atoms with Crippen molar-refractivity contribution in [2.75, 3.05) is 21.1 Å². The minimum atomic E-state index is -1.42. The van der Waals surface area contributed by atoms with Crippen LogP contribution in [0.15, 0.2) is 59.6 Å². The molecule has 4 N–H and O–H groups in total. The SMILES string of the molecule is CNC1=CC(NC)=C(NC)C1c1ccc2ccccc2c1C(C)(O)C(Cl)Cl. The first-order valence-electron chi connectivity index (χ1n) is 8.88. The molecular formula is C21H25Cl2N3O. The van der Waals surface area contributed by atoms with Crippen molar-refractivity contribution in [3.8, 4) is 0 Å². The zero-order valence-electron chi connectivity index (χ0n) is 15.9. The van der Waals surface area contributed by atoms with Crippen LogP contribution in [0.5, 0.6) is 0 Å². The number of hydrogen-bond acceptors (Lipinski definition) is 4. The second kappa shape index (κ2) is 7.63. The molecule has 0 saturated heterocycles. The normalized spacial score (nSPS) is 19.3. The van der Waals surface area contributed by atoms with Gasteiger partial charge in [-0.3, -0.25) is 0 Å². The summed E-state index contributed by atoms with van der Waals surface area (Å²) in [6.07, 6.45) is 2.07. The summed E-state index contributed by atoms with van der Waals surface area (Å²) in [6.45, 7) is 1.67. The maximum Gasteiger partial charge on any atom is 0.140 e. The number of halogens is 2. The molecule has 0 aromatic heterocycles. The predicted molar refractivity (Wildman–Crippen MR) is 114 cm³/mol. The molecular weight excluding hydrogens is 381 g/mol. The number of benzene rings is 2. The fourth-order valence-corrected chi connectivity index (χ4v) is 4.07. The van der Waals surface area contributed by atoms with Crippen LogP contribution in [-0.4, -0.2) is 31.1 Å². The summed E-state index contributed by atoms with van der Waals surface area (Å²) in [5.74, 6) is -0.0967. The highest BCUT2D eigenvalue weighted by Gasteiger charge is 2.39. The largest absolute Gasteiger partial charge is 0.391 e. The Labute approximate surface area is 170 Å². The van der Waals surface area contributed by atoms with Crippen molar-refractivity contribution < 1.29 is 5.11 Å². The summed E-state index contributed by atoms with van der Waals surface area (Å²) in [4.78, 5) is -0.976. The van der Waals surface area contributed by atoms with Gasteiger partial charge in [0.2, 0.25) is 0 Å². The Hall–Kier alpha value is -1.88. The maximum atomic E-state index is 11.3. The quantitative estimate of drug-likeness (QED) is 0.553. The van der Waals surface area contributed by atoms with Crippen LogP contribution in [0, 0.1) is 0 Å². The highest BCUT2D eigenvalue weighted by atomic mass is 35.5. The van der Waals surface area contributed by atoms with Crippen LogP contribution in [0.2, 0.25) is 0 Å². The Balaban J connectivity index is 2.35. The van der Waals surface area contributed by atoms with E-state index >= 15 is 0 Å². The Morgan fingerprint density at radius 2 is 1.70 bits per heavy atom. The third-order valence-electron chi connectivity index (χ3n) is 5.22. The summed E-state index contributed by atoms with van der Waals surface area (Å²) >= 11 is 12.4. The third kappa shape index (κ3) is 3.27. The van der Waals surface area contributed by atoms with Crippen molar-refractivity contribution in [2.24, 2.45) is 0 Å². The number of fused-ring (bicyclic) bond motifs is 1. The van der Waals surface area contributed by atoms with Gasteiger partial charge in [-0.1, -0.05) is 36.4 Å². The molecule has 0 spiro atoms. The predicted octanol–water partition coefficient (Wildman–Crippen LogP) is 3.70. The first-order valence-corrected chi connectivity index (χ1v) is 9.75. The Morgan fingerprint density at radius 3 is 2.30 bits per heavy atom. The van der Waals surface area contributed by atoms with Crippen LogP contribution in [0.4, 0.5) is 0 Å². The number of allylic oxidation sites excluding steroid dienone is 1. The second-order valence-corrected chi connectivity index (χ2v) is 7.91. The molecule has 0 heterocycles. The Kier molecular flexibility index (Phi) is 5.61. The van der Waals surface area contributed by atoms with Crippen molar-refractivity contribution in [1.29, 1.82) is 0 Å². The van der Waals surface area contributed by atoms with E-state index in [1.165, 1.54) is 0 Å². The van der Waals surface area contributed by atoms with Gasteiger partial charge in [0.25, 0.3) is 0 Å². The lowest BCUT2D eigenvalue weighted by Crippen LogP contribution is -2.32. The molecule has 3 rings (SSSR count). The van der Waals surface area contributed by atoms with E-state index in [1.54, 1.807) is 6.92 Å². The molecule has 0 fully saturated rings. The summed E-state index contributed by atoms with van der Waals surface area (Å²) in [5, 5.41) is 23.1. The lowest BCUT2D eigenvalue weighted by molar-refractivity contribution is 0.0726. The Bertz CT molecular complexity index is 919. The number of hydrogen-bond donors (Lipinski definition) is 4. The van der Waals surface area contributed by atoms with Crippen molar-refractivity contribution >= 4 is 34.0 Å². The van der Waals surface area contributed by atoms with Gasteiger partial charge >= 0.3 is 0 Å². The Morgan fingerprint density at radius 1 is 1.00 bits per heavy atom. The fourth-order valence-electron chi connectivity index (χ4n) is 3.86. The molecule has 27 heavy (non-hydrogen) atoms. The van der Waals surface area contributed by atoms with E-state index in [2.05, 4.69) is 28.1 Å². The van der Waals surface area contributed by atoms with Crippen LogP contribution >= 0.6 is 23.2 Å². The topological polar surface area (TPSA) is 56.3 Å². The highest BCUT2D eigenvalue weighted by Crippen LogP contribution is 2.45. The molecule has 2 unspecified atom stereocenters. The average Bonchev–Trinajstić information content (AvgIpc) is 3.04. The summed E-state index contributed by atoms with van der Waals surface area (Å²) in [7, 11) is 5.69. The smallest absolute Gasteiger partial charge is 0.140 e. The molecule has 2 atom stereocenters. The standard InChI is InChI=1S/C21H25Cl2N3O/c1-21(27,20(22)23)18-13-8-6-5-7-12(13)9-10-14(18)17-15(24-2)11-16(25-3)19(17)26-4/h5-11,17,20,24-27H,1-4H3. The van der Waals surface area contributed by atoms with Gasteiger partial charge in [-0.05, 0) is 34.9 Å². The van der Waals surface area contributed by atoms with Crippen molar-refractivity contribution in [2.45, 2.75) is 23.3 Å². The van der Waals surface area contributed by atoms with Gasteiger partial charge in [-0.15, -0.1) is 23.2 Å². The molecule has 4 nitrogen and oxygen atoms in total. The third-order valence-corrected chi connectivity index (χ3v) is 6.07. The molecule has 0 amide bonds. The van der Waals surface area contributed by atoms with E-state index in [0.29, 0.717) is 0 Å². The number of rotatable bonds is 6. The zero-order valence-corrected chi connectivity index (χ0v) is 17.4. The molecule has 1 aliphatic rings. The molecule has 0 bridgehead atoms. The lowest BCUT2D eigenvalue weighted by atomic mass is 9.81. The molecule has 144 valence electrons. The van der Waals surface area contributed by atoms with E-state index in [1.807, 2.05) is 51.5 Å². The first-order chi connectivity index (χ1) is 12.9. The zero-order chi connectivity index (χ0) is 19.8. The van der Waals surface area contributed by atoms with Gasteiger partial charge in [0.1, 0.15) is 10.4 Å². The van der Waals surface area contributed by atoms with E-state index in [9.17, 15) is 5.11 Å². The summed E-state index contributed by atoms with van der Waals surface area (Å²) < 4.78 is 0. The lowest BCUT2D eigenvalue weighted by Gasteiger charge is -2.32. The molecule has 0 aliphatic heterocycles. The van der Waals surface area contributed by atoms with Crippen molar-refractivity contribution in [3.63, 3.8) is 0 Å². The molecule has 6 heteroatoms. The van der Waals surface area contributed by atoms with E-state index in [4.69, 9.17) is 23.2 Å². The van der Waals surface area contributed by atoms with Crippen LogP contribution in [0.3, 0.4) is 0 Å². The van der Waals surface area contributed by atoms with Gasteiger partial charge in [0, 0.05) is 32.5 Å². The van der Waals surface area contributed by atoms with Gasteiger partial charge < -0.3 is 21.1 Å². The van der Waals surface area contributed by atoms with Crippen LogP contribution in [0.1, 0.15) is 24.0 Å². The van der Waals surface area contributed by atoms with E-state index in [-0.39, 0.29) is 5.92 Å². The van der Waals surface area contributed by atoms with Gasteiger partial charge in [-0.2, -0.15) is 0 Å². The van der Waals surface area contributed by atoms with Gasteiger partial charge in [0.05, 0.1) is 11.6 Å². The van der Waals surface area contributed by atoms with Crippen molar-refractivity contribution in [1.82, 2.24) is 16.0 Å². The number of aliphatic hydroxyl groups is 1. The minimum absolute atomic E-state index is 0.0967. The number of likely N-dealkylation sites (N-methyl/N-ethyl adjacent to an activating group) is 3. The monoisotopic (exact) mass is 405 g/mol. The van der Waals surface area contributed by atoms with E-state index < -0.39 is 10.4 Å². The number of nitrogens with one attached hydrogen (secondary N) is 3. The fraction of sp³-hybridized carbons (Fsp3) is 0.333. The van der Waals surface area contributed by atoms with Crippen LogP contribution < -0.4 is 16.0 Å². The molecule has 1 aliphatic carbocycles. The van der Waals surface area contributed by atoms with Gasteiger partial charge in [-0.25, -0.2) is 0 Å². The summed E-state index contributed by atoms with van der Waals surface area (Å²) in [5.41, 5.74) is 3.33. The minimum Gasteiger partial charge on any atom is -0.391 e.